The fraction of sp³-hybridized carbons (Fsp3) is 0.167. The molecule has 1 N–H and O–H groups in total. The number of hydrogen-bond donors (Lipinski definition) is 1. The molecule has 8 heteroatoms. The van der Waals surface area contributed by atoms with Crippen molar-refractivity contribution in [1.29, 1.82) is 0 Å². The van der Waals surface area contributed by atoms with Crippen LogP contribution in [-0.4, -0.2) is 30.5 Å². The van der Waals surface area contributed by atoms with E-state index in [1.807, 2.05) is 47.4 Å². The second-order valence-corrected chi connectivity index (χ2v) is 8.63. The van der Waals surface area contributed by atoms with Crippen molar-refractivity contribution in [2.75, 3.05) is 5.32 Å². The number of carbonyl (C=O) groups is 1. The quantitative estimate of drug-likeness (QED) is 0.415. The smallest absolute Gasteiger partial charge is 0.246 e. The maximum atomic E-state index is 12.7. The number of fused-ring (bicyclic) bond motifs is 1. The summed E-state index contributed by atoms with van der Waals surface area (Å²) in [5.41, 5.74) is 5.72. The normalized spacial score (nSPS) is 11.2. The molecule has 0 aliphatic heterocycles. The predicted octanol–water partition coefficient (Wildman–Crippen LogP) is 4.66. The van der Waals surface area contributed by atoms with E-state index in [-0.39, 0.29) is 12.5 Å². The summed E-state index contributed by atoms with van der Waals surface area (Å²) >= 11 is 1.67. The van der Waals surface area contributed by atoms with Crippen molar-refractivity contribution in [2.45, 2.75) is 26.9 Å². The average Bonchev–Trinajstić information content (AvgIpc) is 3.52. The molecule has 0 saturated carbocycles. The zero-order valence-electron chi connectivity index (χ0n) is 17.8. The van der Waals surface area contributed by atoms with Gasteiger partial charge in [-0.1, -0.05) is 30.3 Å². The Kier molecular flexibility index (Phi) is 5.28. The number of pyridine rings is 1. The van der Waals surface area contributed by atoms with E-state index < -0.39 is 0 Å². The van der Waals surface area contributed by atoms with Crippen LogP contribution in [0.4, 0.5) is 5.69 Å². The first-order valence-corrected chi connectivity index (χ1v) is 11.2. The highest BCUT2D eigenvalue weighted by molar-refractivity contribution is 7.13. The highest BCUT2D eigenvalue weighted by Gasteiger charge is 2.16. The molecule has 5 aromatic rings. The third-order valence-electron chi connectivity index (χ3n) is 5.40. The summed E-state index contributed by atoms with van der Waals surface area (Å²) in [5.74, 6) is -0.173. The number of carbonyl (C=O) groups excluding carboxylic acids is 1. The number of amides is 1. The van der Waals surface area contributed by atoms with Crippen molar-refractivity contribution < 1.29 is 4.79 Å². The summed E-state index contributed by atoms with van der Waals surface area (Å²) in [5, 5.41) is 14.9. The molecule has 0 spiro atoms. The van der Waals surface area contributed by atoms with E-state index in [0.717, 1.165) is 21.5 Å². The lowest BCUT2D eigenvalue weighted by Crippen LogP contribution is -2.19. The van der Waals surface area contributed by atoms with Crippen LogP contribution >= 0.6 is 11.3 Å². The molecule has 0 saturated heterocycles. The summed E-state index contributed by atoms with van der Waals surface area (Å²) in [6.07, 6.45) is 5.27. The van der Waals surface area contributed by atoms with Gasteiger partial charge in [0.05, 0.1) is 29.5 Å². The second kappa shape index (κ2) is 8.39. The average molecular weight is 443 g/mol. The van der Waals surface area contributed by atoms with Crippen LogP contribution in [0.2, 0.25) is 0 Å². The maximum Gasteiger partial charge on any atom is 0.246 e. The molecular formula is C24H22N6OS. The van der Waals surface area contributed by atoms with Gasteiger partial charge in [-0.25, -0.2) is 9.67 Å². The zero-order valence-corrected chi connectivity index (χ0v) is 18.6. The van der Waals surface area contributed by atoms with Crippen molar-refractivity contribution >= 4 is 34.0 Å². The molecule has 32 heavy (non-hydrogen) atoms. The van der Waals surface area contributed by atoms with Crippen LogP contribution < -0.4 is 5.32 Å². The van der Waals surface area contributed by atoms with Crippen molar-refractivity contribution in [1.82, 2.24) is 24.5 Å². The van der Waals surface area contributed by atoms with Gasteiger partial charge in [-0.2, -0.15) is 10.2 Å². The van der Waals surface area contributed by atoms with Gasteiger partial charge in [0.2, 0.25) is 5.91 Å². The Labute approximate surface area is 189 Å². The summed E-state index contributed by atoms with van der Waals surface area (Å²) < 4.78 is 3.48. The minimum absolute atomic E-state index is 0.0776. The van der Waals surface area contributed by atoms with E-state index in [1.165, 1.54) is 11.1 Å². The minimum atomic E-state index is -0.173. The van der Waals surface area contributed by atoms with Gasteiger partial charge < -0.3 is 5.32 Å². The lowest BCUT2D eigenvalue weighted by Gasteiger charge is -2.06. The van der Waals surface area contributed by atoms with Crippen molar-refractivity contribution in [3.63, 3.8) is 0 Å². The third kappa shape index (κ3) is 3.92. The van der Waals surface area contributed by atoms with Gasteiger partial charge in [-0.15, -0.1) is 11.3 Å². The Morgan fingerprint density at radius 1 is 1.12 bits per heavy atom. The van der Waals surface area contributed by atoms with E-state index in [2.05, 4.69) is 45.6 Å². The number of hydrogen-bond acceptors (Lipinski definition) is 5. The molecule has 0 radical (unpaired) electrons. The number of thiophene rings is 1. The molecule has 0 unspecified atom stereocenters. The summed E-state index contributed by atoms with van der Waals surface area (Å²) in [4.78, 5) is 18.4. The van der Waals surface area contributed by atoms with Gasteiger partial charge in [0.15, 0.2) is 5.65 Å². The molecule has 0 bridgehead atoms. The molecule has 1 amide bonds. The SMILES string of the molecule is Cc1ccccc1Cn1cc(NC(=O)Cn2nc(C)c3c(-c4cccs4)ccnc32)cn1. The first-order chi connectivity index (χ1) is 15.6. The first kappa shape index (κ1) is 20.1. The summed E-state index contributed by atoms with van der Waals surface area (Å²) in [6.45, 7) is 4.76. The fourth-order valence-corrected chi connectivity index (χ4v) is 4.60. The summed E-state index contributed by atoms with van der Waals surface area (Å²) in [7, 11) is 0. The number of benzene rings is 1. The van der Waals surface area contributed by atoms with Gasteiger partial charge >= 0.3 is 0 Å². The summed E-state index contributed by atoms with van der Waals surface area (Å²) in [6, 6.07) is 14.3. The molecule has 0 atom stereocenters. The van der Waals surface area contributed by atoms with Gasteiger partial charge in [-0.05, 0) is 42.5 Å². The van der Waals surface area contributed by atoms with Crippen LogP contribution in [0.1, 0.15) is 16.8 Å². The van der Waals surface area contributed by atoms with Crippen molar-refractivity contribution in [2.24, 2.45) is 0 Å². The maximum absolute atomic E-state index is 12.7. The first-order valence-electron chi connectivity index (χ1n) is 10.3. The molecule has 4 heterocycles. The van der Waals surface area contributed by atoms with Crippen LogP contribution in [0.3, 0.4) is 0 Å². The molecule has 7 nitrogen and oxygen atoms in total. The van der Waals surface area contributed by atoms with E-state index >= 15 is 0 Å². The van der Waals surface area contributed by atoms with E-state index in [4.69, 9.17) is 0 Å². The monoisotopic (exact) mass is 442 g/mol. The number of anilines is 1. The molecule has 160 valence electrons. The fourth-order valence-electron chi connectivity index (χ4n) is 3.84. The van der Waals surface area contributed by atoms with Gasteiger partial charge in [-0.3, -0.25) is 9.48 Å². The van der Waals surface area contributed by atoms with Gasteiger partial charge in [0.1, 0.15) is 6.54 Å². The number of nitrogens with zero attached hydrogens (tertiary/aromatic N) is 5. The predicted molar refractivity (Wildman–Crippen MR) is 127 cm³/mol. The molecule has 0 fully saturated rings. The standard InChI is InChI=1S/C24H22N6OS/c1-16-6-3-4-7-18(16)13-29-14-19(12-26-29)27-22(31)15-30-24-23(17(2)28-30)20(9-10-25-24)21-8-5-11-32-21/h3-12,14H,13,15H2,1-2H3,(H,27,31). The Hall–Kier alpha value is -3.78. The molecule has 5 rings (SSSR count). The highest BCUT2D eigenvalue weighted by Crippen LogP contribution is 2.32. The van der Waals surface area contributed by atoms with E-state index in [9.17, 15) is 4.79 Å². The molecule has 0 aliphatic rings. The number of rotatable bonds is 6. The Morgan fingerprint density at radius 3 is 2.81 bits per heavy atom. The minimum Gasteiger partial charge on any atom is -0.322 e. The molecule has 4 aromatic heterocycles. The highest BCUT2D eigenvalue weighted by atomic mass is 32.1. The lowest BCUT2D eigenvalue weighted by molar-refractivity contribution is -0.116. The van der Waals surface area contributed by atoms with Crippen LogP contribution in [0.25, 0.3) is 21.5 Å². The molecule has 1 aromatic carbocycles. The molecular weight excluding hydrogens is 420 g/mol. The van der Waals surface area contributed by atoms with E-state index in [1.54, 1.807) is 28.4 Å². The van der Waals surface area contributed by atoms with Crippen LogP contribution in [0.15, 0.2) is 66.4 Å². The second-order valence-electron chi connectivity index (χ2n) is 7.68. The number of aryl methyl sites for hydroxylation is 2. The van der Waals surface area contributed by atoms with Crippen molar-refractivity contribution in [3.05, 3.63) is 83.3 Å². The van der Waals surface area contributed by atoms with Gasteiger partial charge in [0, 0.05) is 22.8 Å². The van der Waals surface area contributed by atoms with Crippen LogP contribution in [-0.2, 0) is 17.9 Å². The Balaban J connectivity index is 1.32. The zero-order chi connectivity index (χ0) is 22.1. The van der Waals surface area contributed by atoms with E-state index in [0.29, 0.717) is 17.9 Å². The Bertz CT molecular complexity index is 1400. The number of nitrogens with one attached hydrogen (secondary N) is 1. The van der Waals surface area contributed by atoms with Crippen LogP contribution in [0, 0.1) is 13.8 Å². The number of aromatic nitrogens is 5. The van der Waals surface area contributed by atoms with Crippen molar-refractivity contribution in [3.8, 4) is 10.4 Å². The third-order valence-corrected chi connectivity index (χ3v) is 6.30. The topological polar surface area (TPSA) is 77.6 Å². The van der Waals surface area contributed by atoms with Gasteiger partial charge in [0.25, 0.3) is 0 Å². The largest absolute Gasteiger partial charge is 0.322 e. The van der Waals surface area contributed by atoms with Crippen LogP contribution in [0.5, 0.6) is 0 Å². The molecule has 0 aliphatic carbocycles. The lowest BCUT2D eigenvalue weighted by atomic mass is 10.1. The Morgan fingerprint density at radius 2 is 2.00 bits per heavy atom.